The van der Waals surface area contributed by atoms with Crippen LogP contribution < -0.4 is 5.32 Å². The van der Waals surface area contributed by atoms with Gasteiger partial charge in [-0.25, -0.2) is 4.39 Å². The molecule has 1 heterocycles. The topological polar surface area (TPSA) is 44.8 Å². The first kappa shape index (κ1) is 18.3. The van der Waals surface area contributed by atoms with Gasteiger partial charge in [0.25, 0.3) is 0 Å². The summed E-state index contributed by atoms with van der Waals surface area (Å²) in [6.45, 7) is 6.33. The summed E-state index contributed by atoms with van der Waals surface area (Å²) >= 11 is 0. The Morgan fingerprint density at radius 3 is 2.64 bits per heavy atom. The molecule has 0 unspecified atom stereocenters. The highest BCUT2D eigenvalue weighted by Crippen LogP contribution is 2.27. The number of benzene rings is 1. The number of rotatable bonds is 7. The molecule has 25 heavy (non-hydrogen) atoms. The second-order valence-electron chi connectivity index (χ2n) is 7.11. The molecule has 6 heteroatoms. The van der Waals surface area contributed by atoms with Crippen LogP contribution in [-0.4, -0.2) is 67.7 Å². The number of nitrogens with one attached hydrogen (secondary N) is 1. The van der Waals surface area contributed by atoms with Crippen molar-refractivity contribution in [3.63, 3.8) is 0 Å². The van der Waals surface area contributed by atoms with Gasteiger partial charge in [-0.05, 0) is 37.5 Å². The summed E-state index contributed by atoms with van der Waals surface area (Å²) in [5.74, 6) is -0.241. The number of amides is 1. The van der Waals surface area contributed by atoms with Crippen LogP contribution in [0.15, 0.2) is 24.3 Å². The number of piperazine rings is 1. The monoisotopic (exact) mass is 349 g/mol. The summed E-state index contributed by atoms with van der Waals surface area (Å²) in [7, 11) is 1.72. The molecule has 0 spiro atoms. The van der Waals surface area contributed by atoms with Crippen LogP contribution >= 0.6 is 0 Å². The van der Waals surface area contributed by atoms with E-state index in [-0.39, 0.29) is 17.8 Å². The zero-order chi connectivity index (χ0) is 17.8. The van der Waals surface area contributed by atoms with Crippen molar-refractivity contribution < 1.29 is 13.9 Å². The summed E-state index contributed by atoms with van der Waals surface area (Å²) in [4.78, 5) is 17.5. The van der Waals surface area contributed by atoms with Gasteiger partial charge in [0.15, 0.2) is 0 Å². The van der Waals surface area contributed by atoms with E-state index in [2.05, 4.69) is 22.0 Å². The average molecular weight is 349 g/mol. The molecule has 2 aliphatic rings. The van der Waals surface area contributed by atoms with Crippen molar-refractivity contribution in [3.8, 4) is 0 Å². The average Bonchev–Trinajstić information content (AvgIpc) is 3.40. The predicted octanol–water partition coefficient (Wildman–Crippen LogP) is 1.80. The lowest BCUT2D eigenvalue weighted by Crippen LogP contribution is -2.55. The molecular weight excluding hydrogens is 321 g/mol. The Bertz CT molecular complexity index is 577. The van der Waals surface area contributed by atoms with E-state index < -0.39 is 0 Å². The van der Waals surface area contributed by atoms with Gasteiger partial charge in [-0.1, -0.05) is 12.1 Å². The second kappa shape index (κ2) is 8.25. The van der Waals surface area contributed by atoms with Gasteiger partial charge in [-0.2, -0.15) is 0 Å². The van der Waals surface area contributed by atoms with Crippen LogP contribution in [0.25, 0.3) is 0 Å². The molecule has 1 N–H and O–H groups in total. The largest absolute Gasteiger partial charge is 0.383 e. The summed E-state index contributed by atoms with van der Waals surface area (Å²) in [6, 6.07) is 6.64. The summed E-state index contributed by atoms with van der Waals surface area (Å²) in [5, 5.41) is 3.12. The lowest BCUT2D eigenvalue weighted by molar-refractivity contribution is -0.128. The Balaban J connectivity index is 1.72. The maximum Gasteiger partial charge on any atom is 0.242 e. The van der Waals surface area contributed by atoms with E-state index >= 15 is 0 Å². The molecule has 2 atom stereocenters. The molecular formula is C19H28FN3O2. The van der Waals surface area contributed by atoms with E-state index in [4.69, 9.17) is 4.74 Å². The minimum absolute atomic E-state index is 0.0339. The van der Waals surface area contributed by atoms with Crippen molar-refractivity contribution in [2.75, 3.05) is 39.9 Å². The summed E-state index contributed by atoms with van der Waals surface area (Å²) in [6.07, 6.45) is 2.12. The molecule has 0 bridgehead atoms. The van der Waals surface area contributed by atoms with Crippen molar-refractivity contribution >= 4 is 5.91 Å². The Hall–Kier alpha value is -1.50. The number of nitrogens with zero attached hydrogens (tertiary/aromatic N) is 2. The number of hydrogen-bond donors (Lipinski definition) is 1. The fourth-order valence-corrected chi connectivity index (χ4v) is 3.48. The second-order valence-corrected chi connectivity index (χ2v) is 7.11. The maximum absolute atomic E-state index is 13.3. The van der Waals surface area contributed by atoms with Crippen molar-refractivity contribution in [3.05, 3.63) is 35.6 Å². The van der Waals surface area contributed by atoms with Crippen molar-refractivity contribution in [1.29, 1.82) is 0 Å². The quantitative estimate of drug-likeness (QED) is 0.815. The Morgan fingerprint density at radius 1 is 1.32 bits per heavy atom. The fraction of sp³-hybridized carbons (Fsp3) is 0.632. The van der Waals surface area contributed by atoms with Crippen LogP contribution in [0.2, 0.25) is 0 Å². The van der Waals surface area contributed by atoms with Gasteiger partial charge >= 0.3 is 0 Å². The van der Waals surface area contributed by atoms with Crippen LogP contribution in [0.5, 0.6) is 0 Å². The molecule has 0 radical (unpaired) electrons. The zero-order valence-corrected chi connectivity index (χ0v) is 15.1. The molecule has 1 saturated carbocycles. The lowest BCUT2D eigenvalue weighted by Gasteiger charge is -2.42. The van der Waals surface area contributed by atoms with Gasteiger partial charge in [-0.3, -0.25) is 14.6 Å². The van der Waals surface area contributed by atoms with Crippen molar-refractivity contribution in [2.45, 2.75) is 37.9 Å². The van der Waals surface area contributed by atoms with Crippen LogP contribution in [-0.2, 0) is 9.53 Å². The smallest absolute Gasteiger partial charge is 0.242 e. The third kappa shape index (κ3) is 4.77. The Labute approximate surface area is 149 Å². The van der Waals surface area contributed by atoms with Gasteiger partial charge in [0.05, 0.1) is 6.61 Å². The number of carbonyl (C=O) groups excluding carboxylic acids is 1. The minimum atomic E-state index is -0.353. The van der Waals surface area contributed by atoms with Gasteiger partial charge in [0.1, 0.15) is 11.9 Å². The van der Waals surface area contributed by atoms with Crippen molar-refractivity contribution in [2.24, 2.45) is 0 Å². The highest BCUT2D eigenvalue weighted by atomic mass is 19.1. The van der Waals surface area contributed by atoms with Gasteiger partial charge in [0.2, 0.25) is 5.91 Å². The number of hydrogen-bond acceptors (Lipinski definition) is 4. The SMILES string of the molecule is COCCN1CCN([C@@H](C(=O)NC2CC2)c2ccc(F)cc2)C[C@@H]1C. The molecule has 3 rings (SSSR count). The van der Waals surface area contributed by atoms with E-state index in [1.54, 1.807) is 19.2 Å². The first-order chi connectivity index (χ1) is 12.1. The van der Waals surface area contributed by atoms with E-state index in [9.17, 15) is 9.18 Å². The highest BCUT2D eigenvalue weighted by molar-refractivity contribution is 5.83. The van der Waals surface area contributed by atoms with Gasteiger partial charge < -0.3 is 10.1 Å². The Morgan fingerprint density at radius 2 is 2.04 bits per heavy atom. The predicted molar refractivity (Wildman–Crippen MR) is 94.8 cm³/mol. The molecule has 1 aromatic carbocycles. The zero-order valence-electron chi connectivity index (χ0n) is 15.1. The van der Waals surface area contributed by atoms with E-state index in [1.165, 1.54) is 12.1 Å². The lowest BCUT2D eigenvalue weighted by atomic mass is 10.0. The third-order valence-corrected chi connectivity index (χ3v) is 5.10. The summed E-state index contributed by atoms with van der Waals surface area (Å²) < 4.78 is 18.5. The van der Waals surface area contributed by atoms with Gasteiger partial charge in [0, 0.05) is 45.4 Å². The van der Waals surface area contributed by atoms with Crippen molar-refractivity contribution in [1.82, 2.24) is 15.1 Å². The van der Waals surface area contributed by atoms with E-state index in [1.807, 2.05) is 0 Å². The van der Waals surface area contributed by atoms with Crippen LogP contribution in [0.3, 0.4) is 0 Å². The highest BCUT2D eigenvalue weighted by Gasteiger charge is 2.35. The number of ether oxygens (including phenoxy) is 1. The van der Waals surface area contributed by atoms with E-state index in [0.29, 0.717) is 18.7 Å². The number of carbonyl (C=O) groups is 1. The fourth-order valence-electron chi connectivity index (χ4n) is 3.48. The van der Waals surface area contributed by atoms with Gasteiger partial charge in [-0.15, -0.1) is 0 Å². The first-order valence-electron chi connectivity index (χ1n) is 9.11. The molecule has 0 aromatic heterocycles. The molecule has 1 aromatic rings. The third-order valence-electron chi connectivity index (χ3n) is 5.10. The standard InChI is InChI=1S/C19H28FN3O2/c1-14-13-23(10-9-22(14)11-12-25-2)18(19(24)21-17-7-8-17)15-3-5-16(20)6-4-15/h3-6,14,17-18H,7-13H2,1-2H3,(H,21,24)/t14-,18+/m0/s1. The Kier molecular flexibility index (Phi) is 6.04. The van der Waals surface area contributed by atoms with Crippen LogP contribution in [0, 0.1) is 5.82 Å². The van der Waals surface area contributed by atoms with Crippen LogP contribution in [0.1, 0.15) is 31.4 Å². The first-order valence-corrected chi connectivity index (χ1v) is 9.11. The maximum atomic E-state index is 13.3. The minimum Gasteiger partial charge on any atom is -0.383 e. The molecule has 1 saturated heterocycles. The molecule has 5 nitrogen and oxygen atoms in total. The molecule has 1 aliphatic carbocycles. The molecule has 138 valence electrons. The number of halogens is 1. The number of methoxy groups -OCH3 is 1. The summed E-state index contributed by atoms with van der Waals surface area (Å²) in [5.41, 5.74) is 0.858. The molecule has 2 fully saturated rings. The normalized spacial score (nSPS) is 23.4. The van der Waals surface area contributed by atoms with E-state index in [0.717, 1.165) is 44.6 Å². The molecule has 1 aliphatic heterocycles. The molecule has 1 amide bonds. The van der Waals surface area contributed by atoms with Crippen LogP contribution in [0.4, 0.5) is 4.39 Å².